The molecular weight excluding hydrogens is 554 g/mol. The zero-order valence-electron chi connectivity index (χ0n) is 15.6. The van der Waals surface area contributed by atoms with E-state index in [1.54, 1.807) is 36.4 Å². The summed E-state index contributed by atoms with van der Waals surface area (Å²) in [4.78, 5) is 24.4. The Bertz CT molecular complexity index is 1170. The summed E-state index contributed by atoms with van der Waals surface area (Å²) >= 11 is 7.86. The lowest BCUT2D eigenvalue weighted by molar-refractivity contribution is -0.120. The molecule has 1 aliphatic heterocycles. The number of hydrogen-bond acceptors (Lipinski definition) is 8. The van der Waals surface area contributed by atoms with Crippen molar-refractivity contribution < 1.29 is 19.1 Å². The quantitative estimate of drug-likeness (QED) is 0.347. The standard InChI is InChI=1S/C19H13Br2N5O4S/c20-12-3-1-10(2-4-12)18(28)23-19-26-25-17(31-19)7-16(27)24-22-8-11-5-14-15(6-13(11)21)30-9-29-14/h1-6,8H,7,9H2,(H,24,27)(H,23,26,28)/b22-8+. The molecule has 0 radical (unpaired) electrons. The summed E-state index contributed by atoms with van der Waals surface area (Å²) < 4.78 is 12.2. The lowest BCUT2D eigenvalue weighted by Crippen LogP contribution is -2.19. The minimum atomic E-state index is -0.366. The van der Waals surface area contributed by atoms with E-state index in [0.29, 0.717) is 27.2 Å². The molecule has 158 valence electrons. The molecule has 0 saturated carbocycles. The molecule has 2 N–H and O–H groups in total. The summed E-state index contributed by atoms with van der Waals surface area (Å²) in [7, 11) is 0. The van der Waals surface area contributed by atoms with Crippen LogP contribution in [-0.2, 0) is 11.2 Å². The van der Waals surface area contributed by atoms with E-state index in [1.807, 2.05) is 0 Å². The topological polar surface area (TPSA) is 115 Å². The van der Waals surface area contributed by atoms with Crippen molar-refractivity contribution in [3.05, 3.63) is 61.5 Å². The molecule has 0 unspecified atom stereocenters. The van der Waals surface area contributed by atoms with Gasteiger partial charge in [-0.15, -0.1) is 10.2 Å². The number of ether oxygens (including phenoxy) is 2. The van der Waals surface area contributed by atoms with Gasteiger partial charge in [-0.1, -0.05) is 27.3 Å². The molecule has 1 aliphatic rings. The number of fused-ring (bicyclic) bond motifs is 1. The number of amides is 2. The van der Waals surface area contributed by atoms with Crippen LogP contribution in [0.3, 0.4) is 0 Å². The number of aromatic nitrogens is 2. The van der Waals surface area contributed by atoms with E-state index < -0.39 is 0 Å². The van der Waals surface area contributed by atoms with Gasteiger partial charge < -0.3 is 9.47 Å². The van der Waals surface area contributed by atoms with Crippen LogP contribution in [0.15, 0.2) is 50.4 Å². The fraction of sp³-hybridized carbons (Fsp3) is 0.105. The van der Waals surface area contributed by atoms with Gasteiger partial charge >= 0.3 is 0 Å². The zero-order chi connectivity index (χ0) is 21.8. The number of hydrogen-bond donors (Lipinski definition) is 2. The van der Waals surface area contributed by atoms with Gasteiger partial charge in [0.2, 0.25) is 17.8 Å². The van der Waals surface area contributed by atoms with Gasteiger partial charge in [-0.3, -0.25) is 14.9 Å². The first kappa shape index (κ1) is 21.4. The van der Waals surface area contributed by atoms with Gasteiger partial charge in [-0.2, -0.15) is 5.10 Å². The minimum Gasteiger partial charge on any atom is -0.454 e. The van der Waals surface area contributed by atoms with E-state index in [4.69, 9.17) is 9.47 Å². The minimum absolute atomic E-state index is 0.0224. The van der Waals surface area contributed by atoms with Gasteiger partial charge in [-0.25, -0.2) is 5.43 Å². The van der Waals surface area contributed by atoms with E-state index in [2.05, 4.69) is 57.9 Å². The van der Waals surface area contributed by atoms with E-state index in [9.17, 15) is 9.59 Å². The van der Waals surface area contributed by atoms with Gasteiger partial charge in [0.15, 0.2) is 11.5 Å². The number of halogens is 2. The second-order valence-corrected chi connectivity index (χ2v) is 8.99. The summed E-state index contributed by atoms with van der Waals surface area (Å²) in [6.07, 6.45) is 1.47. The largest absolute Gasteiger partial charge is 0.454 e. The van der Waals surface area contributed by atoms with Crippen LogP contribution in [0.4, 0.5) is 5.13 Å². The molecule has 31 heavy (non-hydrogen) atoms. The maximum Gasteiger partial charge on any atom is 0.257 e. The Morgan fingerprint density at radius 2 is 1.87 bits per heavy atom. The molecule has 2 heterocycles. The van der Waals surface area contributed by atoms with Crippen LogP contribution in [0.25, 0.3) is 0 Å². The van der Waals surface area contributed by atoms with Crippen molar-refractivity contribution in [2.75, 3.05) is 12.1 Å². The maximum atomic E-state index is 12.2. The molecule has 12 heteroatoms. The van der Waals surface area contributed by atoms with Gasteiger partial charge in [0.05, 0.1) is 12.6 Å². The molecule has 9 nitrogen and oxygen atoms in total. The third kappa shape index (κ3) is 5.46. The molecule has 0 bridgehead atoms. The summed E-state index contributed by atoms with van der Waals surface area (Å²) in [5, 5.41) is 15.2. The lowest BCUT2D eigenvalue weighted by Gasteiger charge is -2.02. The first-order chi connectivity index (χ1) is 15.0. The van der Waals surface area contributed by atoms with Crippen molar-refractivity contribution in [3.63, 3.8) is 0 Å². The molecule has 0 fully saturated rings. The van der Waals surface area contributed by atoms with Crippen molar-refractivity contribution in [1.29, 1.82) is 0 Å². The zero-order valence-corrected chi connectivity index (χ0v) is 19.6. The van der Waals surface area contributed by atoms with E-state index in [-0.39, 0.29) is 25.0 Å². The number of anilines is 1. The molecule has 4 rings (SSSR count). The molecular formula is C19H13Br2N5O4S. The van der Waals surface area contributed by atoms with Crippen LogP contribution in [0.5, 0.6) is 11.5 Å². The molecule has 0 aliphatic carbocycles. The van der Waals surface area contributed by atoms with E-state index in [1.165, 1.54) is 6.21 Å². The highest BCUT2D eigenvalue weighted by Crippen LogP contribution is 2.36. The van der Waals surface area contributed by atoms with Crippen LogP contribution in [0.1, 0.15) is 20.9 Å². The monoisotopic (exact) mass is 565 g/mol. The number of carbonyl (C=O) groups excluding carboxylic acids is 2. The molecule has 2 aromatic carbocycles. The molecule has 0 atom stereocenters. The van der Waals surface area contributed by atoms with Gasteiger partial charge in [0.1, 0.15) is 5.01 Å². The molecule has 1 aromatic heterocycles. The van der Waals surface area contributed by atoms with Crippen LogP contribution < -0.4 is 20.2 Å². The summed E-state index contributed by atoms with van der Waals surface area (Å²) in [5.41, 5.74) is 3.65. The van der Waals surface area contributed by atoms with E-state index in [0.717, 1.165) is 25.8 Å². The normalized spacial score (nSPS) is 12.2. The van der Waals surface area contributed by atoms with Crippen molar-refractivity contribution >= 4 is 66.4 Å². The van der Waals surface area contributed by atoms with Crippen molar-refractivity contribution in [1.82, 2.24) is 15.6 Å². The Hall–Kier alpha value is -2.83. The van der Waals surface area contributed by atoms with Crippen LogP contribution in [-0.4, -0.2) is 35.0 Å². The van der Waals surface area contributed by atoms with Crippen LogP contribution in [0, 0.1) is 0 Å². The predicted molar refractivity (Wildman–Crippen MR) is 122 cm³/mol. The summed E-state index contributed by atoms with van der Waals surface area (Å²) in [6.45, 7) is 0.173. The average molecular weight is 567 g/mol. The van der Waals surface area contributed by atoms with E-state index >= 15 is 0 Å². The fourth-order valence-corrected chi connectivity index (χ4v) is 3.95. The third-order valence-corrected chi connectivity index (χ3v) is 6.04. The third-order valence-electron chi connectivity index (χ3n) is 3.99. The molecule has 0 saturated heterocycles. The smallest absolute Gasteiger partial charge is 0.257 e. The predicted octanol–water partition coefficient (Wildman–Crippen LogP) is 3.74. The Morgan fingerprint density at radius 1 is 1.13 bits per heavy atom. The number of nitrogens with zero attached hydrogens (tertiary/aromatic N) is 3. The highest BCUT2D eigenvalue weighted by Gasteiger charge is 2.16. The van der Waals surface area contributed by atoms with Crippen LogP contribution >= 0.6 is 43.2 Å². The van der Waals surface area contributed by atoms with Gasteiger partial charge in [0, 0.05) is 20.1 Å². The Kier molecular flexibility index (Phi) is 6.59. The Morgan fingerprint density at radius 3 is 2.65 bits per heavy atom. The van der Waals surface area contributed by atoms with Gasteiger partial charge in [0.25, 0.3) is 5.91 Å². The number of rotatable bonds is 6. The average Bonchev–Trinajstić information content (AvgIpc) is 3.37. The van der Waals surface area contributed by atoms with Crippen molar-refractivity contribution in [2.24, 2.45) is 5.10 Å². The lowest BCUT2D eigenvalue weighted by atomic mass is 10.2. The van der Waals surface area contributed by atoms with Crippen molar-refractivity contribution in [2.45, 2.75) is 6.42 Å². The summed E-state index contributed by atoms with van der Waals surface area (Å²) in [6, 6.07) is 10.4. The van der Waals surface area contributed by atoms with Crippen molar-refractivity contribution in [3.8, 4) is 11.5 Å². The highest BCUT2D eigenvalue weighted by atomic mass is 79.9. The summed E-state index contributed by atoms with van der Waals surface area (Å²) in [5.74, 6) is 0.587. The Labute approximate surface area is 197 Å². The molecule has 0 spiro atoms. The maximum absolute atomic E-state index is 12.2. The number of nitrogens with one attached hydrogen (secondary N) is 2. The Balaban J connectivity index is 1.30. The first-order valence-corrected chi connectivity index (χ1v) is 11.2. The number of carbonyl (C=O) groups is 2. The van der Waals surface area contributed by atoms with Gasteiger partial charge in [-0.05, 0) is 52.3 Å². The SMILES string of the molecule is O=C(Cc1nnc(NC(=O)c2ccc(Br)cc2)s1)N/N=C/c1cc2c(cc1Br)OCO2. The second kappa shape index (κ2) is 9.54. The first-order valence-electron chi connectivity index (χ1n) is 8.78. The highest BCUT2D eigenvalue weighted by molar-refractivity contribution is 9.10. The molecule has 3 aromatic rings. The fourth-order valence-electron chi connectivity index (χ4n) is 2.53. The number of hydrazone groups is 1. The molecule has 2 amide bonds. The number of benzene rings is 2. The second-order valence-electron chi connectivity index (χ2n) is 6.16. The van der Waals surface area contributed by atoms with Crippen LogP contribution in [0.2, 0.25) is 0 Å².